The maximum absolute atomic E-state index is 13.2. The Hall–Kier alpha value is -3.28. The fraction of sp³-hybridized carbons (Fsp3) is 0.481. The highest BCUT2D eigenvalue weighted by Gasteiger charge is 2.42. The Labute approximate surface area is 225 Å². The maximum Gasteiger partial charge on any atom is 0.275 e. The fourth-order valence-electron chi connectivity index (χ4n) is 5.61. The number of aromatic nitrogens is 2. The maximum atomic E-state index is 13.2. The summed E-state index contributed by atoms with van der Waals surface area (Å²) >= 11 is 1.30. The van der Waals surface area contributed by atoms with Crippen molar-refractivity contribution in [1.82, 2.24) is 15.3 Å². The second kappa shape index (κ2) is 10.5. The molecule has 38 heavy (non-hydrogen) atoms. The van der Waals surface area contributed by atoms with Crippen molar-refractivity contribution in [3.05, 3.63) is 53.5 Å². The van der Waals surface area contributed by atoms with Crippen LogP contribution in [0.25, 0.3) is 0 Å². The van der Waals surface area contributed by atoms with Gasteiger partial charge in [0, 0.05) is 57.3 Å². The number of methoxy groups -OCH3 is 1. The largest absolute Gasteiger partial charge is 0.492 e. The summed E-state index contributed by atoms with van der Waals surface area (Å²) in [7, 11) is 1.62. The van der Waals surface area contributed by atoms with E-state index in [9.17, 15) is 9.59 Å². The van der Waals surface area contributed by atoms with Gasteiger partial charge in [0.1, 0.15) is 18.1 Å². The number of nitrogens with zero attached hydrogens (tertiary/aromatic N) is 4. The molecule has 11 heteroatoms. The second-order valence-corrected chi connectivity index (χ2v) is 11.2. The zero-order valence-corrected chi connectivity index (χ0v) is 22.2. The van der Waals surface area contributed by atoms with Crippen LogP contribution >= 0.6 is 11.3 Å². The van der Waals surface area contributed by atoms with Gasteiger partial charge >= 0.3 is 0 Å². The van der Waals surface area contributed by atoms with Crippen molar-refractivity contribution in [3.8, 4) is 0 Å². The van der Waals surface area contributed by atoms with Crippen LogP contribution in [0.15, 0.2) is 47.8 Å². The molecule has 0 radical (unpaired) electrons. The molecule has 5 heterocycles. The number of ether oxygens (including phenoxy) is 2. The fourth-order valence-corrected chi connectivity index (χ4v) is 6.43. The molecule has 1 aliphatic carbocycles. The van der Waals surface area contributed by atoms with Crippen molar-refractivity contribution in [3.63, 3.8) is 0 Å². The number of hydrogen-bond donors (Lipinski definition) is 2. The summed E-state index contributed by atoms with van der Waals surface area (Å²) in [6.45, 7) is 5.55. The molecular formula is C27H32N6O4S. The molecule has 4 aliphatic rings. The van der Waals surface area contributed by atoms with Crippen LogP contribution in [-0.4, -0.2) is 74.8 Å². The highest BCUT2D eigenvalue weighted by molar-refractivity contribution is 7.14. The molecule has 2 aromatic heterocycles. The van der Waals surface area contributed by atoms with E-state index in [0.29, 0.717) is 41.8 Å². The monoisotopic (exact) mass is 536 g/mol. The Balaban J connectivity index is 1.11. The van der Waals surface area contributed by atoms with E-state index in [1.54, 1.807) is 29.8 Å². The van der Waals surface area contributed by atoms with Crippen LogP contribution in [0.3, 0.4) is 0 Å². The van der Waals surface area contributed by atoms with E-state index >= 15 is 0 Å². The van der Waals surface area contributed by atoms with Gasteiger partial charge < -0.3 is 25.0 Å². The number of piperidine rings is 1. The van der Waals surface area contributed by atoms with E-state index in [1.807, 2.05) is 24.3 Å². The first-order chi connectivity index (χ1) is 18.5. The first-order valence-electron chi connectivity index (χ1n) is 13.0. The third kappa shape index (κ3) is 4.81. The first-order valence-corrected chi connectivity index (χ1v) is 13.9. The average Bonchev–Trinajstić information content (AvgIpc) is 3.53. The minimum absolute atomic E-state index is 0.0346. The minimum Gasteiger partial charge on any atom is -0.492 e. The number of carbonyl (C=O) groups excluding carboxylic acids is 2. The molecule has 2 atom stereocenters. The summed E-state index contributed by atoms with van der Waals surface area (Å²) in [5.74, 6) is 0.0914. The molecule has 2 unspecified atom stereocenters. The van der Waals surface area contributed by atoms with Gasteiger partial charge in [-0.15, -0.1) is 11.3 Å². The number of anilines is 3. The first kappa shape index (κ1) is 25.0. The summed E-state index contributed by atoms with van der Waals surface area (Å²) in [6.07, 6.45) is 11.5. The average molecular weight is 537 g/mol. The standard InChI is InChI=1S/C27H32N6O4S/c1-36-10-11-37-19-3-2-18-14-33(25(35)20(18)12-19)26-31-22(15-38-26)24(34)30-21-13-28-7-4-23(21)32-8-5-27(6-9-32)16-29-17-27/h2-4,7,12-13,15,18,20,29H,5-6,8-11,14,16-17H2,1H3,(H,30,34). The molecule has 6 rings (SSSR count). The van der Waals surface area contributed by atoms with Gasteiger partial charge in [-0.05, 0) is 36.5 Å². The van der Waals surface area contributed by atoms with Crippen molar-refractivity contribution < 1.29 is 19.1 Å². The van der Waals surface area contributed by atoms with Gasteiger partial charge in [0.05, 0.1) is 30.1 Å². The number of nitrogens with one attached hydrogen (secondary N) is 2. The molecule has 0 bridgehead atoms. The molecule has 0 saturated carbocycles. The van der Waals surface area contributed by atoms with E-state index in [1.165, 1.54) is 11.3 Å². The molecule has 1 spiro atoms. The Morgan fingerprint density at radius 1 is 1.29 bits per heavy atom. The summed E-state index contributed by atoms with van der Waals surface area (Å²) < 4.78 is 10.7. The van der Waals surface area contributed by atoms with Crippen LogP contribution in [0.4, 0.5) is 16.5 Å². The van der Waals surface area contributed by atoms with E-state index < -0.39 is 0 Å². The van der Waals surface area contributed by atoms with Gasteiger partial charge in [-0.1, -0.05) is 6.08 Å². The van der Waals surface area contributed by atoms with E-state index in [0.717, 1.165) is 44.7 Å². The van der Waals surface area contributed by atoms with Crippen molar-refractivity contribution in [2.24, 2.45) is 17.3 Å². The molecular weight excluding hydrogens is 504 g/mol. The Morgan fingerprint density at radius 3 is 2.89 bits per heavy atom. The predicted octanol–water partition coefficient (Wildman–Crippen LogP) is 2.68. The van der Waals surface area contributed by atoms with Gasteiger partial charge in [-0.25, -0.2) is 4.98 Å². The third-order valence-corrected chi connectivity index (χ3v) is 8.84. The van der Waals surface area contributed by atoms with Crippen LogP contribution in [0, 0.1) is 17.3 Å². The molecule has 2 amide bonds. The van der Waals surface area contributed by atoms with Crippen LogP contribution in [0.2, 0.25) is 0 Å². The van der Waals surface area contributed by atoms with Crippen molar-refractivity contribution in [1.29, 1.82) is 0 Å². The summed E-state index contributed by atoms with van der Waals surface area (Å²) in [6, 6.07) is 1.96. The minimum atomic E-state index is -0.309. The topological polar surface area (TPSA) is 109 Å². The van der Waals surface area contributed by atoms with E-state index in [-0.39, 0.29) is 29.3 Å². The molecule has 3 fully saturated rings. The van der Waals surface area contributed by atoms with Gasteiger partial charge in [0.15, 0.2) is 5.13 Å². The summed E-state index contributed by atoms with van der Waals surface area (Å²) in [5, 5.41) is 8.64. The van der Waals surface area contributed by atoms with E-state index in [2.05, 4.69) is 25.5 Å². The molecule has 3 saturated heterocycles. The lowest BCUT2D eigenvalue weighted by Crippen LogP contribution is -2.58. The number of carbonyl (C=O) groups is 2. The zero-order chi connectivity index (χ0) is 26.1. The van der Waals surface area contributed by atoms with Crippen molar-refractivity contribution >= 4 is 39.7 Å². The van der Waals surface area contributed by atoms with Crippen molar-refractivity contribution in [2.45, 2.75) is 12.8 Å². The normalized spacial score (nSPS) is 23.7. The van der Waals surface area contributed by atoms with Crippen molar-refractivity contribution in [2.75, 3.05) is 68.2 Å². The van der Waals surface area contributed by atoms with E-state index in [4.69, 9.17) is 9.47 Å². The molecule has 10 nitrogen and oxygen atoms in total. The Kier molecular flexibility index (Phi) is 6.89. The van der Waals surface area contributed by atoms with Crippen LogP contribution in [0.1, 0.15) is 23.3 Å². The van der Waals surface area contributed by atoms with Gasteiger partial charge in [-0.2, -0.15) is 0 Å². The second-order valence-electron chi connectivity index (χ2n) is 10.4. The highest BCUT2D eigenvalue weighted by atomic mass is 32.1. The number of fused-ring (bicyclic) bond motifs is 1. The lowest BCUT2D eigenvalue weighted by atomic mass is 9.73. The molecule has 2 N–H and O–H groups in total. The number of allylic oxidation sites excluding steroid dienone is 1. The predicted molar refractivity (Wildman–Crippen MR) is 145 cm³/mol. The number of pyridine rings is 1. The van der Waals surface area contributed by atoms with Crippen LogP contribution in [0.5, 0.6) is 0 Å². The Bertz CT molecular complexity index is 1260. The smallest absolute Gasteiger partial charge is 0.275 e. The van der Waals surface area contributed by atoms with Gasteiger partial charge in [0.2, 0.25) is 5.91 Å². The van der Waals surface area contributed by atoms with Gasteiger partial charge in [-0.3, -0.25) is 19.5 Å². The number of hydrogen-bond acceptors (Lipinski definition) is 9. The summed E-state index contributed by atoms with van der Waals surface area (Å²) in [4.78, 5) is 39.1. The third-order valence-electron chi connectivity index (χ3n) is 7.98. The Morgan fingerprint density at radius 2 is 2.13 bits per heavy atom. The van der Waals surface area contributed by atoms with Gasteiger partial charge in [0.25, 0.3) is 5.91 Å². The SMILES string of the molecule is COCCOC1=CC2C(=O)N(c3nc(C(=O)Nc4cnccc4N4CCC5(CC4)CNC5)cs3)CC2C=C1. The quantitative estimate of drug-likeness (QED) is 0.496. The molecule has 2 aromatic rings. The van der Waals surface area contributed by atoms with Crippen LogP contribution < -0.4 is 20.4 Å². The lowest BCUT2D eigenvalue weighted by Gasteiger charge is -2.49. The molecule has 3 aliphatic heterocycles. The van der Waals surface area contributed by atoms with Crippen LogP contribution in [-0.2, 0) is 14.3 Å². The summed E-state index contributed by atoms with van der Waals surface area (Å²) in [5.41, 5.74) is 2.38. The number of rotatable bonds is 8. The highest BCUT2D eigenvalue weighted by Crippen LogP contribution is 2.39. The number of thiazole rings is 1. The lowest BCUT2D eigenvalue weighted by molar-refractivity contribution is -0.119. The zero-order valence-electron chi connectivity index (χ0n) is 21.4. The number of amides is 2. The molecule has 0 aromatic carbocycles. The molecule has 200 valence electrons.